The number of fused-ring (bicyclic) bond motifs is 3. The highest BCUT2D eigenvalue weighted by molar-refractivity contribution is 6.74. The van der Waals surface area contributed by atoms with Crippen molar-refractivity contribution in [3.63, 3.8) is 0 Å². The van der Waals surface area contributed by atoms with Crippen LogP contribution in [0.1, 0.15) is 49.9 Å². The first-order chi connectivity index (χ1) is 19.9. The van der Waals surface area contributed by atoms with E-state index in [1.54, 1.807) is 0 Å². The van der Waals surface area contributed by atoms with Gasteiger partial charge in [-0.2, -0.15) is 0 Å². The number of hydrogen-bond acceptors (Lipinski definition) is 3. The zero-order valence-corrected chi connectivity index (χ0v) is 26.6. The highest BCUT2D eigenvalue weighted by atomic mass is 28.4. The van der Waals surface area contributed by atoms with Gasteiger partial charge in [-0.25, -0.2) is 0 Å². The Labute approximate surface area is 251 Å². The lowest BCUT2D eigenvalue weighted by Crippen LogP contribution is -2.66. The minimum atomic E-state index is -2.14. The summed E-state index contributed by atoms with van der Waals surface area (Å²) < 4.78 is 6.73. The molecule has 2 atom stereocenters. The highest BCUT2D eigenvalue weighted by Crippen LogP contribution is 2.52. The lowest BCUT2D eigenvalue weighted by molar-refractivity contribution is -0.149. The molecule has 4 aromatic carbocycles. The molecule has 42 heavy (non-hydrogen) atoms. The van der Waals surface area contributed by atoms with Crippen LogP contribution in [0.3, 0.4) is 0 Å². The first-order valence-electron chi connectivity index (χ1n) is 14.9. The van der Waals surface area contributed by atoms with Crippen LogP contribution >= 0.6 is 0 Å². The van der Waals surface area contributed by atoms with Gasteiger partial charge in [0.25, 0.3) is 0 Å². The first-order valence-corrected chi connectivity index (χ1v) is 17.8. The van der Waals surface area contributed by atoms with Crippen molar-refractivity contribution in [2.75, 3.05) is 6.61 Å². The molecule has 5 heteroatoms. The van der Waals surface area contributed by atoms with Gasteiger partial charge >= 0.3 is 5.97 Å². The van der Waals surface area contributed by atoms with Crippen molar-refractivity contribution >= 4 is 14.3 Å². The van der Waals surface area contributed by atoms with E-state index >= 15 is 0 Å². The number of carbonyl (C=O) groups is 1. The molecule has 0 saturated carbocycles. The maximum Gasteiger partial charge on any atom is 0.324 e. The molecule has 0 unspecified atom stereocenters. The molecule has 0 spiro atoms. The molecule has 0 amide bonds. The summed E-state index contributed by atoms with van der Waals surface area (Å²) in [5, 5.41) is 15.3. The van der Waals surface area contributed by atoms with Crippen LogP contribution in [0.2, 0.25) is 18.1 Å². The second-order valence-corrected chi connectivity index (χ2v) is 18.1. The maximum absolute atomic E-state index is 13.9. The minimum absolute atomic E-state index is 0.0139. The summed E-state index contributed by atoms with van der Waals surface area (Å²) in [7, 11) is -2.14. The van der Waals surface area contributed by atoms with E-state index in [1.807, 2.05) is 67.6 Å². The van der Waals surface area contributed by atoms with E-state index in [2.05, 4.69) is 87.7 Å². The molecule has 2 N–H and O–H groups in total. The van der Waals surface area contributed by atoms with Crippen molar-refractivity contribution in [3.8, 4) is 11.1 Å². The normalized spacial score (nSPS) is 16.2. The molecule has 4 aromatic rings. The molecule has 0 radical (unpaired) electrons. The van der Waals surface area contributed by atoms with E-state index in [1.165, 1.54) is 0 Å². The Balaban J connectivity index is 1.73. The van der Waals surface area contributed by atoms with Crippen LogP contribution in [0.15, 0.2) is 109 Å². The Morgan fingerprint density at radius 3 is 1.79 bits per heavy atom. The van der Waals surface area contributed by atoms with Crippen LogP contribution in [-0.4, -0.2) is 31.5 Å². The second-order valence-electron chi connectivity index (χ2n) is 13.2. The Morgan fingerprint density at radius 1 is 0.810 bits per heavy atom. The van der Waals surface area contributed by atoms with E-state index < -0.39 is 25.4 Å². The SMILES string of the molecule is C[C@H](CO[Si](C)(C)C(C)(C)C)[C@](Cc1ccccc1)(NC1(c2ccccc2)c2ccccc2-c2ccccc21)C(=O)O. The molecule has 1 aliphatic rings. The predicted octanol–water partition coefficient (Wildman–Crippen LogP) is 8.27. The van der Waals surface area contributed by atoms with E-state index in [9.17, 15) is 9.90 Å². The lowest BCUT2D eigenvalue weighted by atomic mass is 9.73. The van der Waals surface area contributed by atoms with Crippen molar-refractivity contribution in [1.29, 1.82) is 0 Å². The summed E-state index contributed by atoms with van der Waals surface area (Å²) in [6.07, 6.45) is 0.310. The van der Waals surface area contributed by atoms with Gasteiger partial charge in [0.2, 0.25) is 0 Å². The van der Waals surface area contributed by atoms with Gasteiger partial charge < -0.3 is 9.53 Å². The van der Waals surface area contributed by atoms with E-state index in [4.69, 9.17) is 4.43 Å². The van der Waals surface area contributed by atoms with Crippen molar-refractivity contribution in [2.24, 2.45) is 5.92 Å². The fraction of sp³-hybridized carbons (Fsp3) is 0.324. The predicted molar refractivity (Wildman–Crippen MR) is 174 cm³/mol. The molecule has 5 rings (SSSR count). The van der Waals surface area contributed by atoms with Gasteiger partial charge in [-0.05, 0) is 51.5 Å². The zero-order chi connectivity index (χ0) is 30.2. The third-order valence-corrected chi connectivity index (χ3v) is 14.1. The second kappa shape index (κ2) is 11.3. The van der Waals surface area contributed by atoms with Gasteiger partial charge in [-0.1, -0.05) is 137 Å². The highest BCUT2D eigenvalue weighted by Gasteiger charge is 2.54. The largest absolute Gasteiger partial charge is 0.480 e. The molecule has 218 valence electrons. The Morgan fingerprint density at radius 2 is 1.29 bits per heavy atom. The lowest BCUT2D eigenvalue weighted by Gasteiger charge is -2.46. The number of carboxylic acid groups (broad SMARTS) is 1. The Hall–Kier alpha value is -3.51. The standard InChI is InChI=1S/C37H43NO3Si/c1-27(26-41-42(5,6)35(2,3)4)36(34(39)40,25-28-17-9-7-10-18-28)38-37(29-19-11-8-12-20-29)32-23-15-13-21-30(32)31-22-14-16-24-33(31)37/h7-24,27,38H,25-26H2,1-6H3,(H,39,40)/t27-,36+/m1/s1. The smallest absolute Gasteiger partial charge is 0.324 e. The summed E-state index contributed by atoms with van der Waals surface area (Å²) >= 11 is 0. The average Bonchev–Trinajstić information content (AvgIpc) is 3.26. The molecule has 0 aromatic heterocycles. The van der Waals surface area contributed by atoms with Crippen molar-refractivity contribution in [1.82, 2.24) is 5.32 Å². The molecular weight excluding hydrogens is 534 g/mol. The van der Waals surface area contributed by atoms with Crippen molar-refractivity contribution in [3.05, 3.63) is 131 Å². The van der Waals surface area contributed by atoms with E-state index in [0.29, 0.717) is 13.0 Å². The molecule has 1 aliphatic carbocycles. The van der Waals surface area contributed by atoms with Crippen molar-refractivity contribution in [2.45, 2.75) is 63.3 Å². The molecule has 4 nitrogen and oxygen atoms in total. The van der Waals surface area contributed by atoms with Crippen molar-refractivity contribution < 1.29 is 14.3 Å². The zero-order valence-electron chi connectivity index (χ0n) is 25.6. The molecule has 0 heterocycles. The number of hydrogen-bond donors (Lipinski definition) is 2. The number of nitrogens with one attached hydrogen (secondary N) is 1. The van der Waals surface area contributed by atoms with Crippen LogP contribution in [0.25, 0.3) is 11.1 Å². The summed E-state index contributed by atoms with van der Waals surface area (Å²) in [5.41, 5.74) is 4.11. The van der Waals surface area contributed by atoms with Gasteiger partial charge in [0.15, 0.2) is 8.32 Å². The van der Waals surface area contributed by atoms with Crippen LogP contribution in [0.5, 0.6) is 0 Å². The van der Waals surface area contributed by atoms with E-state index in [0.717, 1.165) is 33.4 Å². The quantitative estimate of drug-likeness (QED) is 0.186. The van der Waals surface area contributed by atoms with Gasteiger partial charge in [0, 0.05) is 18.9 Å². The molecule has 0 fully saturated rings. The monoisotopic (exact) mass is 577 g/mol. The minimum Gasteiger partial charge on any atom is -0.480 e. The fourth-order valence-electron chi connectivity index (χ4n) is 6.07. The third-order valence-electron chi connectivity index (χ3n) is 9.62. The summed E-state index contributed by atoms with van der Waals surface area (Å²) in [4.78, 5) is 13.9. The molecule has 0 aliphatic heterocycles. The average molecular weight is 578 g/mol. The molecular formula is C37H43NO3Si. The first kappa shape index (κ1) is 30.0. The van der Waals surface area contributed by atoms with E-state index in [-0.39, 0.29) is 11.0 Å². The number of aliphatic carboxylic acids is 1. The van der Waals surface area contributed by atoms with Crippen LogP contribution in [-0.2, 0) is 21.2 Å². The summed E-state index contributed by atoms with van der Waals surface area (Å²) in [5.74, 6) is -1.24. The van der Waals surface area contributed by atoms with Crippen LogP contribution < -0.4 is 5.32 Å². The summed E-state index contributed by atoms with van der Waals surface area (Å²) in [6.45, 7) is 13.5. The molecule has 0 saturated heterocycles. The number of rotatable bonds is 10. The molecule has 0 bridgehead atoms. The Kier molecular flexibility index (Phi) is 8.05. The van der Waals surface area contributed by atoms with Crippen LogP contribution in [0.4, 0.5) is 0 Å². The van der Waals surface area contributed by atoms with Gasteiger partial charge in [0.05, 0.1) is 5.54 Å². The topological polar surface area (TPSA) is 58.6 Å². The fourth-order valence-corrected chi connectivity index (χ4v) is 7.17. The maximum atomic E-state index is 13.9. The Bertz CT molecular complexity index is 1500. The third kappa shape index (κ3) is 5.15. The van der Waals surface area contributed by atoms with Gasteiger partial charge in [0.1, 0.15) is 5.54 Å². The summed E-state index contributed by atoms with van der Waals surface area (Å²) in [6, 6.07) is 37.0. The van der Waals surface area contributed by atoms with Gasteiger partial charge in [-0.15, -0.1) is 0 Å². The number of benzene rings is 4. The van der Waals surface area contributed by atoms with Gasteiger partial charge in [-0.3, -0.25) is 10.1 Å². The number of carboxylic acids is 1. The van der Waals surface area contributed by atoms with Crippen LogP contribution in [0, 0.1) is 5.92 Å².